The summed E-state index contributed by atoms with van der Waals surface area (Å²) in [7, 11) is 1.59. The highest BCUT2D eigenvalue weighted by Gasteiger charge is 2.37. The maximum Gasteiger partial charge on any atom is 0.239 e. The lowest BCUT2D eigenvalue weighted by Gasteiger charge is -2.16. The summed E-state index contributed by atoms with van der Waals surface area (Å²) >= 11 is 0. The minimum absolute atomic E-state index is 0.251. The summed E-state index contributed by atoms with van der Waals surface area (Å²) in [6.45, 7) is 0.800. The first-order chi connectivity index (χ1) is 12.1. The van der Waals surface area contributed by atoms with Gasteiger partial charge in [0, 0.05) is 18.8 Å². The van der Waals surface area contributed by atoms with Gasteiger partial charge in [0.05, 0.1) is 7.11 Å². The van der Waals surface area contributed by atoms with Crippen molar-refractivity contribution in [2.24, 2.45) is 5.92 Å². The molecule has 1 N–H and O–H groups in total. The van der Waals surface area contributed by atoms with E-state index < -0.39 is 5.92 Å². The number of ether oxygens (including phenoxy) is 1. The van der Waals surface area contributed by atoms with Gasteiger partial charge in [-0.3, -0.25) is 9.59 Å². The Labute approximate surface area is 145 Å². The smallest absolute Gasteiger partial charge is 0.239 e. The van der Waals surface area contributed by atoms with Gasteiger partial charge in [-0.25, -0.2) is 4.39 Å². The lowest BCUT2D eigenvalue weighted by molar-refractivity contribution is -0.132. The van der Waals surface area contributed by atoms with Crippen molar-refractivity contribution in [3.8, 4) is 5.75 Å². The van der Waals surface area contributed by atoms with Crippen LogP contribution in [-0.2, 0) is 16.1 Å². The molecule has 2 aromatic rings. The maximum absolute atomic E-state index is 13.0. The van der Waals surface area contributed by atoms with Crippen LogP contribution in [0.3, 0.4) is 0 Å². The van der Waals surface area contributed by atoms with Gasteiger partial charge >= 0.3 is 0 Å². The molecule has 1 fully saturated rings. The number of benzene rings is 2. The van der Waals surface area contributed by atoms with Crippen LogP contribution in [0.1, 0.15) is 12.0 Å². The fourth-order valence-electron chi connectivity index (χ4n) is 2.86. The lowest BCUT2D eigenvalue weighted by Crippen LogP contribution is -2.36. The van der Waals surface area contributed by atoms with Gasteiger partial charge in [0.2, 0.25) is 11.8 Å². The second-order valence-electron chi connectivity index (χ2n) is 5.87. The highest BCUT2D eigenvalue weighted by atomic mass is 19.1. The molecule has 1 saturated heterocycles. The van der Waals surface area contributed by atoms with Crippen LogP contribution < -0.4 is 15.0 Å². The second-order valence-corrected chi connectivity index (χ2v) is 5.87. The van der Waals surface area contributed by atoms with E-state index in [1.54, 1.807) is 19.2 Å². The third kappa shape index (κ3) is 3.79. The van der Waals surface area contributed by atoms with Crippen molar-refractivity contribution >= 4 is 17.5 Å². The van der Waals surface area contributed by atoms with Gasteiger partial charge in [0.25, 0.3) is 0 Å². The molecule has 5 nitrogen and oxygen atoms in total. The van der Waals surface area contributed by atoms with E-state index in [4.69, 9.17) is 4.74 Å². The molecule has 130 valence electrons. The molecule has 2 amide bonds. The van der Waals surface area contributed by atoms with Crippen LogP contribution in [0.25, 0.3) is 0 Å². The minimum atomic E-state index is -0.705. The normalized spacial score (nSPS) is 16.8. The molecule has 0 unspecified atom stereocenters. The number of hydrogen-bond acceptors (Lipinski definition) is 3. The lowest BCUT2D eigenvalue weighted by atomic mass is 10.1. The van der Waals surface area contributed by atoms with E-state index in [0.29, 0.717) is 25.2 Å². The summed E-state index contributed by atoms with van der Waals surface area (Å²) < 4.78 is 18.1. The first kappa shape index (κ1) is 17.0. The van der Waals surface area contributed by atoms with Crippen molar-refractivity contribution in [2.45, 2.75) is 13.0 Å². The Morgan fingerprint density at radius 3 is 2.52 bits per heavy atom. The molecule has 2 aromatic carbocycles. The average molecular weight is 342 g/mol. The summed E-state index contributed by atoms with van der Waals surface area (Å²) in [6, 6.07) is 13.1. The van der Waals surface area contributed by atoms with E-state index in [9.17, 15) is 14.0 Å². The number of methoxy groups -OCH3 is 1. The van der Waals surface area contributed by atoms with E-state index >= 15 is 0 Å². The largest absolute Gasteiger partial charge is 0.497 e. The third-order valence-corrected chi connectivity index (χ3v) is 4.29. The monoisotopic (exact) mass is 342 g/mol. The molecule has 0 spiro atoms. The van der Waals surface area contributed by atoms with E-state index in [1.165, 1.54) is 17.0 Å². The molecule has 3 rings (SSSR count). The molecule has 0 radical (unpaired) electrons. The van der Waals surface area contributed by atoms with Crippen LogP contribution >= 0.6 is 0 Å². The van der Waals surface area contributed by atoms with Crippen LogP contribution in [0.5, 0.6) is 5.75 Å². The molecule has 1 heterocycles. The van der Waals surface area contributed by atoms with Gasteiger partial charge in [-0.1, -0.05) is 12.1 Å². The van der Waals surface area contributed by atoms with Crippen molar-refractivity contribution in [1.82, 2.24) is 5.32 Å². The van der Waals surface area contributed by atoms with Gasteiger partial charge in [-0.15, -0.1) is 0 Å². The highest BCUT2D eigenvalue weighted by Crippen LogP contribution is 2.25. The molecular formula is C19H19FN2O3. The number of halogens is 1. The quantitative estimate of drug-likeness (QED) is 0.850. The topological polar surface area (TPSA) is 58.6 Å². The maximum atomic E-state index is 13.0. The van der Waals surface area contributed by atoms with Crippen LogP contribution in [-0.4, -0.2) is 25.5 Å². The Morgan fingerprint density at radius 1 is 1.20 bits per heavy atom. The fourth-order valence-corrected chi connectivity index (χ4v) is 2.86. The average Bonchev–Trinajstić information content (AvgIpc) is 3.02. The summed E-state index contributed by atoms with van der Waals surface area (Å²) in [5, 5.41) is 2.80. The SMILES string of the molecule is COc1ccc(CNC(=O)[C@@H]2CCN(c3ccc(F)cc3)C2=O)cc1. The molecular weight excluding hydrogens is 323 g/mol. The van der Waals surface area contributed by atoms with Crippen molar-refractivity contribution < 1.29 is 18.7 Å². The Bertz CT molecular complexity index is 759. The number of rotatable bonds is 5. The fraction of sp³-hybridized carbons (Fsp3) is 0.263. The molecule has 1 aliphatic rings. The molecule has 0 aromatic heterocycles. The number of carbonyl (C=O) groups excluding carboxylic acids is 2. The van der Waals surface area contributed by atoms with E-state index in [2.05, 4.69) is 5.32 Å². The van der Waals surface area contributed by atoms with Crippen LogP contribution in [0.2, 0.25) is 0 Å². The summed E-state index contributed by atoms with van der Waals surface area (Å²) in [5.41, 5.74) is 1.53. The zero-order chi connectivity index (χ0) is 17.8. The van der Waals surface area contributed by atoms with Crippen molar-refractivity contribution in [3.63, 3.8) is 0 Å². The molecule has 1 aliphatic heterocycles. The van der Waals surface area contributed by atoms with Crippen LogP contribution in [0.15, 0.2) is 48.5 Å². The number of anilines is 1. The summed E-state index contributed by atoms with van der Waals surface area (Å²) in [5.74, 6) is -0.854. The molecule has 0 aliphatic carbocycles. The van der Waals surface area contributed by atoms with Crippen molar-refractivity contribution in [2.75, 3.05) is 18.6 Å². The number of nitrogens with one attached hydrogen (secondary N) is 1. The van der Waals surface area contributed by atoms with Gasteiger partial charge < -0.3 is 15.0 Å². The third-order valence-electron chi connectivity index (χ3n) is 4.29. The van der Waals surface area contributed by atoms with Gasteiger partial charge in [0.15, 0.2) is 0 Å². The standard InChI is InChI=1S/C19H19FN2O3/c1-25-16-8-2-13(3-9-16)12-21-18(23)17-10-11-22(19(17)24)15-6-4-14(20)5-7-15/h2-9,17H,10-12H2,1H3,(H,21,23)/t17-/m0/s1. The predicted molar refractivity (Wildman–Crippen MR) is 91.7 cm³/mol. The Morgan fingerprint density at radius 2 is 1.88 bits per heavy atom. The highest BCUT2D eigenvalue weighted by molar-refractivity contribution is 6.09. The molecule has 1 atom stereocenters. The van der Waals surface area contributed by atoms with Crippen LogP contribution in [0, 0.1) is 11.7 Å². The van der Waals surface area contributed by atoms with Crippen molar-refractivity contribution in [1.29, 1.82) is 0 Å². The van der Waals surface area contributed by atoms with E-state index in [1.807, 2.05) is 24.3 Å². The number of carbonyl (C=O) groups is 2. The minimum Gasteiger partial charge on any atom is -0.497 e. The first-order valence-electron chi connectivity index (χ1n) is 8.06. The zero-order valence-electron chi connectivity index (χ0n) is 13.9. The summed E-state index contributed by atoms with van der Waals surface area (Å²) in [4.78, 5) is 26.3. The van der Waals surface area contributed by atoms with Crippen LogP contribution in [0.4, 0.5) is 10.1 Å². The number of nitrogens with zero attached hydrogens (tertiary/aromatic N) is 1. The Hall–Kier alpha value is -2.89. The molecule has 0 saturated carbocycles. The van der Waals surface area contributed by atoms with Crippen molar-refractivity contribution in [3.05, 3.63) is 59.9 Å². The summed E-state index contributed by atoms with van der Waals surface area (Å²) in [6.07, 6.45) is 0.449. The van der Waals surface area contributed by atoms with Gasteiger partial charge in [-0.2, -0.15) is 0 Å². The number of hydrogen-bond donors (Lipinski definition) is 1. The van der Waals surface area contributed by atoms with E-state index in [-0.39, 0.29) is 17.6 Å². The zero-order valence-corrected chi connectivity index (χ0v) is 13.9. The molecule has 0 bridgehead atoms. The van der Waals surface area contributed by atoms with E-state index in [0.717, 1.165) is 11.3 Å². The Kier molecular flexibility index (Phi) is 4.97. The molecule has 25 heavy (non-hydrogen) atoms. The predicted octanol–water partition coefficient (Wildman–Crippen LogP) is 2.50. The van der Waals surface area contributed by atoms with Gasteiger partial charge in [-0.05, 0) is 48.4 Å². The molecule has 6 heteroatoms. The number of amides is 2. The van der Waals surface area contributed by atoms with Gasteiger partial charge in [0.1, 0.15) is 17.5 Å². The first-order valence-corrected chi connectivity index (χ1v) is 8.06. The second kappa shape index (κ2) is 7.34. The Balaban J connectivity index is 1.59.